The van der Waals surface area contributed by atoms with Crippen LogP contribution in [0.4, 0.5) is 0 Å². The predicted molar refractivity (Wildman–Crippen MR) is 53.8 cm³/mol. The second-order valence-corrected chi connectivity index (χ2v) is 3.80. The van der Waals surface area contributed by atoms with Gasteiger partial charge in [0.05, 0.1) is 12.2 Å². The summed E-state index contributed by atoms with van der Waals surface area (Å²) >= 11 is 0. The number of rotatable bonds is 3. The standard InChI is InChI=1S/C11H15NO2/c13-10-6-12(7-10)8-11(14)9-4-2-1-3-5-9/h1-5,10-11,13-14H,6-8H2. The first-order valence-electron chi connectivity index (χ1n) is 4.89. The highest BCUT2D eigenvalue weighted by atomic mass is 16.3. The third-order valence-electron chi connectivity index (χ3n) is 2.55. The summed E-state index contributed by atoms with van der Waals surface area (Å²) in [6.45, 7) is 1.98. The minimum atomic E-state index is -0.441. The molecule has 1 aromatic carbocycles. The van der Waals surface area contributed by atoms with Gasteiger partial charge in [-0.25, -0.2) is 0 Å². The molecule has 0 aliphatic carbocycles. The van der Waals surface area contributed by atoms with Crippen LogP contribution >= 0.6 is 0 Å². The maximum Gasteiger partial charge on any atom is 0.0916 e. The van der Waals surface area contributed by atoms with E-state index in [1.165, 1.54) is 0 Å². The van der Waals surface area contributed by atoms with Gasteiger partial charge in [-0.15, -0.1) is 0 Å². The number of aliphatic hydroxyl groups excluding tert-OH is 2. The smallest absolute Gasteiger partial charge is 0.0916 e. The molecule has 1 atom stereocenters. The van der Waals surface area contributed by atoms with Gasteiger partial charge in [0.1, 0.15) is 0 Å². The monoisotopic (exact) mass is 193 g/mol. The number of benzene rings is 1. The van der Waals surface area contributed by atoms with E-state index in [4.69, 9.17) is 5.11 Å². The fraction of sp³-hybridized carbons (Fsp3) is 0.455. The van der Waals surface area contributed by atoms with Gasteiger partial charge in [0.15, 0.2) is 0 Å². The van der Waals surface area contributed by atoms with Crippen LogP contribution in [0.1, 0.15) is 11.7 Å². The summed E-state index contributed by atoms with van der Waals surface area (Å²) in [5.41, 5.74) is 0.939. The van der Waals surface area contributed by atoms with Crippen LogP contribution in [-0.2, 0) is 0 Å². The van der Waals surface area contributed by atoms with Crippen molar-refractivity contribution in [2.24, 2.45) is 0 Å². The van der Waals surface area contributed by atoms with Crippen molar-refractivity contribution < 1.29 is 10.2 Å². The molecule has 2 rings (SSSR count). The average Bonchev–Trinajstić information content (AvgIpc) is 2.17. The minimum absolute atomic E-state index is 0.196. The maximum atomic E-state index is 9.82. The van der Waals surface area contributed by atoms with Gasteiger partial charge in [-0.3, -0.25) is 4.90 Å². The molecule has 14 heavy (non-hydrogen) atoms. The van der Waals surface area contributed by atoms with Crippen molar-refractivity contribution in [2.45, 2.75) is 12.2 Å². The lowest BCUT2D eigenvalue weighted by atomic mass is 10.1. The lowest BCUT2D eigenvalue weighted by Gasteiger charge is -2.37. The summed E-state index contributed by atoms with van der Waals surface area (Å²) in [5.74, 6) is 0. The van der Waals surface area contributed by atoms with E-state index < -0.39 is 6.10 Å². The number of likely N-dealkylation sites (tertiary alicyclic amines) is 1. The second-order valence-electron chi connectivity index (χ2n) is 3.80. The quantitative estimate of drug-likeness (QED) is 0.730. The number of nitrogens with zero attached hydrogens (tertiary/aromatic N) is 1. The lowest BCUT2D eigenvalue weighted by Crippen LogP contribution is -2.51. The zero-order valence-corrected chi connectivity index (χ0v) is 8.00. The van der Waals surface area contributed by atoms with E-state index in [1.807, 2.05) is 35.2 Å². The molecule has 1 fully saturated rings. The van der Waals surface area contributed by atoms with Gasteiger partial charge in [0, 0.05) is 19.6 Å². The molecule has 76 valence electrons. The van der Waals surface area contributed by atoms with Crippen LogP contribution in [0, 0.1) is 0 Å². The average molecular weight is 193 g/mol. The zero-order valence-electron chi connectivity index (χ0n) is 8.00. The van der Waals surface area contributed by atoms with Crippen LogP contribution in [0.3, 0.4) is 0 Å². The van der Waals surface area contributed by atoms with Crippen LogP contribution in [-0.4, -0.2) is 40.9 Å². The zero-order chi connectivity index (χ0) is 9.97. The molecule has 0 amide bonds. The van der Waals surface area contributed by atoms with Crippen LogP contribution in [0.25, 0.3) is 0 Å². The molecule has 1 saturated heterocycles. The Labute approximate surface area is 83.6 Å². The highest BCUT2D eigenvalue weighted by Gasteiger charge is 2.26. The Kier molecular flexibility index (Phi) is 2.82. The molecule has 1 aromatic rings. The molecule has 0 bridgehead atoms. The number of β-amino-alcohol motifs (C(OH)–C–C–N with tert-alkyl or cyclic N) is 2. The van der Waals surface area contributed by atoms with Crippen molar-refractivity contribution in [2.75, 3.05) is 19.6 Å². The minimum Gasteiger partial charge on any atom is -0.390 e. The molecule has 0 spiro atoms. The van der Waals surface area contributed by atoms with E-state index in [-0.39, 0.29) is 6.10 Å². The summed E-state index contributed by atoms with van der Waals surface area (Å²) in [7, 11) is 0. The third kappa shape index (κ3) is 2.12. The third-order valence-corrected chi connectivity index (χ3v) is 2.55. The van der Waals surface area contributed by atoms with Crippen LogP contribution in [0.2, 0.25) is 0 Å². The number of hydrogen-bond acceptors (Lipinski definition) is 3. The molecule has 3 nitrogen and oxygen atoms in total. The molecular formula is C11H15NO2. The van der Waals surface area contributed by atoms with Crippen molar-refractivity contribution in [1.29, 1.82) is 0 Å². The predicted octanol–water partition coefficient (Wildman–Crippen LogP) is 0.397. The summed E-state index contributed by atoms with van der Waals surface area (Å²) in [5, 5.41) is 18.9. The van der Waals surface area contributed by atoms with Gasteiger partial charge in [-0.1, -0.05) is 30.3 Å². The molecule has 1 heterocycles. The Morgan fingerprint density at radius 3 is 2.50 bits per heavy atom. The Morgan fingerprint density at radius 1 is 1.29 bits per heavy atom. The van der Waals surface area contributed by atoms with E-state index >= 15 is 0 Å². The van der Waals surface area contributed by atoms with Crippen LogP contribution in [0.15, 0.2) is 30.3 Å². The maximum absolute atomic E-state index is 9.82. The highest BCUT2D eigenvalue weighted by Crippen LogP contribution is 2.17. The van der Waals surface area contributed by atoms with Gasteiger partial charge >= 0.3 is 0 Å². The number of hydrogen-bond donors (Lipinski definition) is 2. The molecule has 0 saturated carbocycles. The van der Waals surface area contributed by atoms with Crippen LogP contribution in [0.5, 0.6) is 0 Å². The Bertz CT molecular complexity index is 283. The fourth-order valence-corrected chi connectivity index (χ4v) is 1.72. The molecule has 0 radical (unpaired) electrons. The molecule has 2 N–H and O–H groups in total. The van der Waals surface area contributed by atoms with Gasteiger partial charge in [-0.05, 0) is 5.56 Å². The summed E-state index contributed by atoms with van der Waals surface area (Å²) in [6, 6.07) is 9.61. The SMILES string of the molecule is OC1CN(CC(O)c2ccccc2)C1. The summed E-state index contributed by atoms with van der Waals surface area (Å²) in [6.07, 6.45) is -0.637. The van der Waals surface area contributed by atoms with Crippen molar-refractivity contribution in [3.05, 3.63) is 35.9 Å². The largest absolute Gasteiger partial charge is 0.390 e. The van der Waals surface area contributed by atoms with E-state index in [0.717, 1.165) is 5.56 Å². The van der Waals surface area contributed by atoms with Crippen LogP contribution < -0.4 is 0 Å². The van der Waals surface area contributed by atoms with E-state index in [1.54, 1.807) is 0 Å². The van der Waals surface area contributed by atoms with E-state index in [0.29, 0.717) is 19.6 Å². The molecule has 1 aliphatic heterocycles. The number of aliphatic hydroxyl groups is 2. The van der Waals surface area contributed by atoms with Gasteiger partial charge in [-0.2, -0.15) is 0 Å². The molecular weight excluding hydrogens is 178 g/mol. The Balaban J connectivity index is 1.87. The van der Waals surface area contributed by atoms with Gasteiger partial charge < -0.3 is 10.2 Å². The van der Waals surface area contributed by atoms with Crippen molar-refractivity contribution in [3.63, 3.8) is 0 Å². The first-order valence-corrected chi connectivity index (χ1v) is 4.89. The summed E-state index contributed by atoms with van der Waals surface area (Å²) in [4.78, 5) is 2.04. The summed E-state index contributed by atoms with van der Waals surface area (Å²) < 4.78 is 0. The topological polar surface area (TPSA) is 43.7 Å². The normalized spacial score (nSPS) is 20.4. The lowest BCUT2D eigenvalue weighted by molar-refractivity contribution is -0.0222. The fourth-order valence-electron chi connectivity index (χ4n) is 1.72. The first-order chi connectivity index (χ1) is 6.75. The van der Waals surface area contributed by atoms with E-state index in [2.05, 4.69) is 0 Å². The second kappa shape index (κ2) is 4.09. The molecule has 1 unspecified atom stereocenters. The molecule has 3 heteroatoms. The van der Waals surface area contributed by atoms with Crippen molar-refractivity contribution in [1.82, 2.24) is 4.90 Å². The highest BCUT2D eigenvalue weighted by molar-refractivity contribution is 5.17. The van der Waals surface area contributed by atoms with Gasteiger partial charge in [0.25, 0.3) is 0 Å². The molecule has 0 aromatic heterocycles. The van der Waals surface area contributed by atoms with Crippen molar-refractivity contribution in [3.8, 4) is 0 Å². The molecule has 1 aliphatic rings. The Morgan fingerprint density at radius 2 is 1.93 bits per heavy atom. The van der Waals surface area contributed by atoms with Gasteiger partial charge in [0.2, 0.25) is 0 Å². The first kappa shape index (κ1) is 9.65. The van der Waals surface area contributed by atoms with E-state index in [9.17, 15) is 5.11 Å². The Hall–Kier alpha value is -0.900. The van der Waals surface area contributed by atoms with Crippen molar-refractivity contribution >= 4 is 0 Å².